The maximum Gasteiger partial charge on any atom is 0.247 e. The van der Waals surface area contributed by atoms with E-state index in [0.29, 0.717) is 26.2 Å². The molecular weight excluding hydrogens is 362 g/mol. The van der Waals surface area contributed by atoms with Crippen LogP contribution in [0.25, 0.3) is 5.57 Å². The first-order valence-corrected chi connectivity index (χ1v) is 9.72. The Morgan fingerprint density at radius 1 is 0.828 bits per heavy atom. The summed E-state index contributed by atoms with van der Waals surface area (Å²) in [5.41, 5.74) is 2.98. The molecule has 0 radical (unpaired) electrons. The van der Waals surface area contributed by atoms with E-state index in [1.165, 1.54) is 6.20 Å². The van der Waals surface area contributed by atoms with E-state index in [9.17, 15) is 9.90 Å². The van der Waals surface area contributed by atoms with Gasteiger partial charge in [-0.05, 0) is 28.8 Å². The zero-order valence-electron chi connectivity index (χ0n) is 16.1. The quantitative estimate of drug-likeness (QED) is 0.698. The Labute approximate surface area is 170 Å². The van der Waals surface area contributed by atoms with Crippen molar-refractivity contribution in [2.75, 3.05) is 31.1 Å². The van der Waals surface area contributed by atoms with Gasteiger partial charge in [-0.2, -0.15) is 0 Å². The van der Waals surface area contributed by atoms with Crippen molar-refractivity contribution in [2.24, 2.45) is 0 Å². The van der Waals surface area contributed by atoms with Gasteiger partial charge in [0, 0.05) is 32.3 Å². The van der Waals surface area contributed by atoms with Crippen LogP contribution in [0.2, 0.25) is 0 Å². The summed E-state index contributed by atoms with van der Waals surface area (Å²) in [6, 6.07) is 23.4. The van der Waals surface area contributed by atoms with E-state index in [1.54, 1.807) is 18.2 Å². The lowest BCUT2D eigenvalue weighted by atomic mass is 9.97. The normalized spacial score (nSPS) is 13.8. The second-order valence-electron chi connectivity index (χ2n) is 6.98. The summed E-state index contributed by atoms with van der Waals surface area (Å²) in [4.78, 5) is 21.3. The highest BCUT2D eigenvalue weighted by molar-refractivity contribution is 5.99. The fourth-order valence-electron chi connectivity index (χ4n) is 3.50. The van der Waals surface area contributed by atoms with Crippen LogP contribution >= 0.6 is 0 Å². The number of aromatic nitrogens is 1. The van der Waals surface area contributed by atoms with Gasteiger partial charge in [0.2, 0.25) is 5.91 Å². The van der Waals surface area contributed by atoms with E-state index < -0.39 is 0 Å². The number of hydrogen-bond donors (Lipinski definition) is 1. The van der Waals surface area contributed by atoms with E-state index in [2.05, 4.69) is 9.88 Å². The topological polar surface area (TPSA) is 56.7 Å². The first-order chi connectivity index (χ1) is 14.2. The minimum absolute atomic E-state index is 0.0195. The minimum Gasteiger partial charge on any atom is -0.506 e. The molecule has 5 heteroatoms. The molecule has 1 aliphatic heterocycles. The van der Waals surface area contributed by atoms with E-state index in [1.807, 2.05) is 65.6 Å². The molecule has 146 valence electrons. The monoisotopic (exact) mass is 385 g/mol. The fraction of sp³-hybridized carbons (Fsp3) is 0.167. The maximum atomic E-state index is 13.0. The van der Waals surface area contributed by atoms with E-state index in [4.69, 9.17) is 0 Å². The van der Waals surface area contributed by atoms with Crippen LogP contribution in [0.5, 0.6) is 5.75 Å². The first-order valence-electron chi connectivity index (χ1n) is 9.72. The van der Waals surface area contributed by atoms with Gasteiger partial charge in [-0.1, -0.05) is 60.7 Å². The van der Waals surface area contributed by atoms with Crippen LogP contribution in [0.15, 0.2) is 85.1 Å². The third-order valence-electron chi connectivity index (χ3n) is 5.08. The predicted octanol–water partition coefficient (Wildman–Crippen LogP) is 3.57. The van der Waals surface area contributed by atoms with Crippen LogP contribution in [-0.2, 0) is 4.79 Å². The number of pyridine rings is 1. The van der Waals surface area contributed by atoms with E-state index >= 15 is 0 Å². The smallest absolute Gasteiger partial charge is 0.247 e. The summed E-state index contributed by atoms with van der Waals surface area (Å²) in [6.45, 7) is 2.69. The largest absolute Gasteiger partial charge is 0.506 e. The molecule has 29 heavy (non-hydrogen) atoms. The molecule has 2 heterocycles. The van der Waals surface area contributed by atoms with Crippen molar-refractivity contribution in [3.05, 3.63) is 96.2 Å². The van der Waals surface area contributed by atoms with Crippen LogP contribution in [0.4, 0.5) is 5.82 Å². The fourth-order valence-corrected chi connectivity index (χ4v) is 3.50. The molecule has 0 atom stereocenters. The number of rotatable bonds is 4. The summed E-state index contributed by atoms with van der Waals surface area (Å²) in [5.74, 6) is 0.993. The standard InChI is InChI=1S/C24H23N3O2/c28-21-11-12-23(25-18-21)26-13-15-27(16-14-26)24(29)17-22(19-7-3-1-4-8-19)20-9-5-2-6-10-20/h1-12,17-18,28H,13-16H2. The molecule has 1 fully saturated rings. The number of benzene rings is 2. The average molecular weight is 385 g/mol. The second-order valence-corrected chi connectivity index (χ2v) is 6.98. The number of hydrogen-bond acceptors (Lipinski definition) is 4. The Morgan fingerprint density at radius 2 is 1.41 bits per heavy atom. The third kappa shape index (κ3) is 4.46. The second kappa shape index (κ2) is 8.61. The van der Waals surface area contributed by atoms with Gasteiger partial charge >= 0.3 is 0 Å². The van der Waals surface area contributed by atoms with E-state index in [0.717, 1.165) is 22.5 Å². The van der Waals surface area contributed by atoms with Crippen molar-refractivity contribution in [2.45, 2.75) is 0 Å². The van der Waals surface area contributed by atoms with Crippen molar-refractivity contribution in [3.8, 4) is 5.75 Å². The molecule has 5 nitrogen and oxygen atoms in total. The molecule has 2 aromatic carbocycles. The summed E-state index contributed by atoms with van der Waals surface area (Å²) in [6.07, 6.45) is 3.20. The van der Waals surface area contributed by atoms with Gasteiger partial charge in [0.15, 0.2) is 0 Å². The molecule has 1 aliphatic rings. The van der Waals surface area contributed by atoms with Crippen LogP contribution in [0.3, 0.4) is 0 Å². The molecule has 0 bridgehead atoms. The Bertz CT molecular complexity index is 936. The molecule has 1 N–H and O–H groups in total. The maximum absolute atomic E-state index is 13.0. The summed E-state index contributed by atoms with van der Waals surface area (Å²) in [5, 5.41) is 9.40. The molecule has 0 aliphatic carbocycles. The molecule has 1 amide bonds. The molecule has 3 aromatic rings. The van der Waals surface area contributed by atoms with Crippen LogP contribution in [-0.4, -0.2) is 47.1 Å². The Hall–Kier alpha value is -3.60. The third-order valence-corrected chi connectivity index (χ3v) is 5.08. The number of piperazine rings is 1. The SMILES string of the molecule is O=C(C=C(c1ccccc1)c1ccccc1)N1CCN(c2ccc(O)cn2)CC1. The minimum atomic E-state index is 0.0195. The molecule has 0 unspecified atom stereocenters. The molecule has 1 saturated heterocycles. The Balaban J connectivity index is 1.50. The molecule has 4 rings (SSSR count). The number of aromatic hydroxyl groups is 1. The predicted molar refractivity (Wildman–Crippen MR) is 115 cm³/mol. The number of carbonyl (C=O) groups is 1. The van der Waals surface area contributed by atoms with Crippen molar-refractivity contribution in [3.63, 3.8) is 0 Å². The van der Waals surface area contributed by atoms with Gasteiger partial charge in [-0.15, -0.1) is 0 Å². The highest BCUT2D eigenvalue weighted by Gasteiger charge is 2.21. The first kappa shape index (κ1) is 18.7. The van der Waals surface area contributed by atoms with Crippen LogP contribution in [0.1, 0.15) is 11.1 Å². The van der Waals surface area contributed by atoms with Gasteiger partial charge in [-0.3, -0.25) is 4.79 Å². The highest BCUT2D eigenvalue weighted by atomic mass is 16.3. The van der Waals surface area contributed by atoms with Crippen molar-refractivity contribution in [1.82, 2.24) is 9.88 Å². The van der Waals surface area contributed by atoms with Gasteiger partial charge in [-0.25, -0.2) is 4.98 Å². The lowest BCUT2D eigenvalue weighted by Gasteiger charge is -2.35. The summed E-state index contributed by atoms with van der Waals surface area (Å²) >= 11 is 0. The number of carbonyl (C=O) groups excluding carboxylic acids is 1. The Morgan fingerprint density at radius 3 is 1.93 bits per heavy atom. The number of nitrogens with zero attached hydrogens (tertiary/aromatic N) is 3. The van der Waals surface area contributed by atoms with Crippen molar-refractivity contribution in [1.29, 1.82) is 0 Å². The average Bonchev–Trinajstić information content (AvgIpc) is 2.79. The highest BCUT2D eigenvalue weighted by Crippen LogP contribution is 2.24. The van der Waals surface area contributed by atoms with Crippen molar-refractivity contribution < 1.29 is 9.90 Å². The van der Waals surface area contributed by atoms with Crippen LogP contribution in [0, 0.1) is 0 Å². The zero-order valence-corrected chi connectivity index (χ0v) is 16.1. The van der Waals surface area contributed by atoms with Gasteiger partial charge < -0.3 is 14.9 Å². The van der Waals surface area contributed by atoms with Crippen molar-refractivity contribution >= 4 is 17.3 Å². The summed E-state index contributed by atoms with van der Waals surface area (Å²) in [7, 11) is 0. The lowest BCUT2D eigenvalue weighted by Crippen LogP contribution is -2.48. The van der Waals surface area contributed by atoms with Crippen LogP contribution < -0.4 is 4.90 Å². The van der Waals surface area contributed by atoms with Gasteiger partial charge in [0.25, 0.3) is 0 Å². The molecular formula is C24H23N3O2. The number of anilines is 1. The molecule has 0 saturated carbocycles. The lowest BCUT2D eigenvalue weighted by molar-refractivity contribution is -0.126. The number of amides is 1. The zero-order chi connectivity index (χ0) is 20.1. The molecule has 0 spiro atoms. The Kier molecular flexibility index (Phi) is 5.56. The summed E-state index contributed by atoms with van der Waals surface area (Å²) < 4.78 is 0. The van der Waals surface area contributed by atoms with Gasteiger partial charge in [0.1, 0.15) is 11.6 Å². The van der Waals surface area contributed by atoms with E-state index in [-0.39, 0.29) is 11.7 Å². The molecule has 1 aromatic heterocycles. The van der Waals surface area contributed by atoms with Gasteiger partial charge in [0.05, 0.1) is 6.20 Å².